The molecule has 1 N–H and O–H groups in total. The van der Waals surface area contributed by atoms with Gasteiger partial charge in [0, 0.05) is 0 Å². The number of carbonyl (C=O) groups excluding carboxylic acids is 1. The molecule has 0 saturated carbocycles. The minimum atomic E-state index is -0.342. The SMILES string of the molecule is COc1ccc(-n2nnc(C(=O)Nc3cc(C)ccc3OC)c2C)cc1. The molecule has 7 heteroatoms. The smallest absolute Gasteiger partial charge is 0.278 e. The van der Waals surface area contributed by atoms with Gasteiger partial charge in [-0.2, -0.15) is 0 Å². The van der Waals surface area contributed by atoms with Crippen LogP contribution >= 0.6 is 0 Å². The summed E-state index contributed by atoms with van der Waals surface area (Å²) in [5.41, 5.74) is 3.29. The maximum Gasteiger partial charge on any atom is 0.278 e. The number of methoxy groups -OCH3 is 2. The van der Waals surface area contributed by atoms with Gasteiger partial charge in [-0.3, -0.25) is 4.79 Å². The summed E-state index contributed by atoms with van der Waals surface area (Å²) < 4.78 is 12.1. The number of benzene rings is 2. The van der Waals surface area contributed by atoms with E-state index in [4.69, 9.17) is 9.47 Å². The van der Waals surface area contributed by atoms with Gasteiger partial charge in [0.15, 0.2) is 5.69 Å². The lowest BCUT2D eigenvalue weighted by molar-refractivity contribution is 0.102. The molecule has 1 aromatic heterocycles. The zero-order valence-electron chi connectivity index (χ0n) is 15.1. The normalized spacial score (nSPS) is 10.5. The molecular weight excluding hydrogens is 332 g/mol. The molecular formula is C19H20N4O3. The van der Waals surface area contributed by atoms with Gasteiger partial charge in [0.1, 0.15) is 11.5 Å². The first kappa shape index (κ1) is 17.5. The summed E-state index contributed by atoms with van der Waals surface area (Å²) in [5, 5.41) is 11.0. The van der Waals surface area contributed by atoms with Crippen LogP contribution in [0.15, 0.2) is 42.5 Å². The van der Waals surface area contributed by atoms with Crippen molar-refractivity contribution in [3.05, 3.63) is 59.4 Å². The Morgan fingerprint density at radius 1 is 1.04 bits per heavy atom. The summed E-state index contributed by atoms with van der Waals surface area (Å²) in [4.78, 5) is 12.7. The summed E-state index contributed by atoms with van der Waals surface area (Å²) in [6.07, 6.45) is 0. The Hall–Kier alpha value is -3.35. The van der Waals surface area contributed by atoms with Crippen LogP contribution in [0.5, 0.6) is 11.5 Å². The van der Waals surface area contributed by atoms with Crippen molar-refractivity contribution in [2.75, 3.05) is 19.5 Å². The molecule has 1 heterocycles. The molecule has 1 amide bonds. The highest BCUT2D eigenvalue weighted by molar-refractivity contribution is 6.04. The van der Waals surface area contributed by atoms with E-state index in [2.05, 4.69) is 15.6 Å². The molecule has 3 aromatic rings. The Morgan fingerprint density at radius 3 is 2.42 bits per heavy atom. The van der Waals surface area contributed by atoms with Gasteiger partial charge >= 0.3 is 0 Å². The number of amides is 1. The van der Waals surface area contributed by atoms with E-state index < -0.39 is 0 Å². The Bertz CT molecular complexity index is 932. The second-order valence-electron chi connectivity index (χ2n) is 5.79. The topological polar surface area (TPSA) is 78.3 Å². The van der Waals surface area contributed by atoms with Crippen molar-refractivity contribution in [2.24, 2.45) is 0 Å². The van der Waals surface area contributed by atoms with Gasteiger partial charge in [-0.25, -0.2) is 4.68 Å². The Balaban J connectivity index is 1.87. The molecule has 3 rings (SSSR count). The van der Waals surface area contributed by atoms with Crippen LogP contribution in [0.4, 0.5) is 5.69 Å². The van der Waals surface area contributed by atoms with Crippen LogP contribution in [-0.4, -0.2) is 35.1 Å². The predicted octanol–water partition coefficient (Wildman–Crippen LogP) is 3.15. The maximum absolute atomic E-state index is 12.7. The third-order valence-electron chi connectivity index (χ3n) is 4.03. The van der Waals surface area contributed by atoms with Crippen LogP contribution in [0.3, 0.4) is 0 Å². The highest BCUT2D eigenvalue weighted by Crippen LogP contribution is 2.26. The predicted molar refractivity (Wildman–Crippen MR) is 98.3 cm³/mol. The minimum Gasteiger partial charge on any atom is -0.497 e. The minimum absolute atomic E-state index is 0.254. The molecule has 0 aliphatic carbocycles. The number of nitrogens with one attached hydrogen (secondary N) is 1. The quantitative estimate of drug-likeness (QED) is 0.763. The number of anilines is 1. The van der Waals surface area contributed by atoms with E-state index in [1.807, 2.05) is 49.4 Å². The number of aromatic nitrogens is 3. The maximum atomic E-state index is 12.7. The van der Waals surface area contributed by atoms with E-state index in [1.165, 1.54) is 0 Å². The molecule has 0 unspecified atom stereocenters. The van der Waals surface area contributed by atoms with Crippen molar-refractivity contribution >= 4 is 11.6 Å². The highest BCUT2D eigenvalue weighted by Gasteiger charge is 2.19. The van der Waals surface area contributed by atoms with E-state index in [0.717, 1.165) is 17.0 Å². The van der Waals surface area contributed by atoms with E-state index in [1.54, 1.807) is 25.8 Å². The third-order valence-corrected chi connectivity index (χ3v) is 4.03. The van der Waals surface area contributed by atoms with Crippen LogP contribution < -0.4 is 14.8 Å². The van der Waals surface area contributed by atoms with Crippen molar-refractivity contribution in [1.82, 2.24) is 15.0 Å². The van der Waals surface area contributed by atoms with Crippen LogP contribution in [-0.2, 0) is 0 Å². The second-order valence-corrected chi connectivity index (χ2v) is 5.79. The fourth-order valence-corrected chi connectivity index (χ4v) is 2.61. The monoisotopic (exact) mass is 352 g/mol. The average Bonchev–Trinajstić information content (AvgIpc) is 3.03. The van der Waals surface area contributed by atoms with Gasteiger partial charge in [0.05, 0.1) is 31.3 Å². The average molecular weight is 352 g/mol. The molecule has 0 fully saturated rings. The van der Waals surface area contributed by atoms with Gasteiger partial charge in [0.25, 0.3) is 5.91 Å². The standard InChI is InChI=1S/C19H20N4O3/c1-12-5-10-17(26-4)16(11-12)20-19(24)18-13(2)23(22-21-18)14-6-8-15(25-3)9-7-14/h5-11H,1-4H3,(H,20,24). The van der Waals surface area contributed by atoms with Gasteiger partial charge < -0.3 is 14.8 Å². The van der Waals surface area contributed by atoms with Crippen molar-refractivity contribution < 1.29 is 14.3 Å². The van der Waals surface area contributed by atoms with E-state index >= 15 is 0 Å². The largest absolute Gasteiger partial charge is 0.497 e. The number of rotatable bonds is 5. The molecule has 7 nitrogen and oxygen atoms in total. The lowest BCUT2D eigenvalue weighted by Gasteiger charge is -2.10. The fraction of sp³-hybridized carbons (Fsp3) is 0.211. The third kappa shape index (κ3) is 3.37. The molecule has 0 atom stereocenters. The van der Waals surface area contributed by atoms with Gasteiger partial charge in [0.2, 0.25) is 0 Å². The van der Waals surface area contributed by atoms with Gasteiger partial charge in [-0.05, 0) is 55.8 Å². The van der Waals surface area contributed by atoms with Crippen LogP contribution in [0.25, 0.3) is 5.69 Å². The van der Waals surface area contributed by atoms with E-state index in [0.29, 0.717) is 17.1 Å². The summed E-state index contributed by atoms with van der Waals surface area (Å²) in [5.74, 6) is 0.992. The van der Waals surface area contributed by atoms with Gasteiger partial charge in [-0.15, -0.1) is 5.10 Å². The molecule has 26 heavy (non-hydrogen) atoms. The zero-order valence-corrected chi connectivity index (χ0v) is 15.1. The van der Waals surface area contributed by atoms with E-state index in [9.17, 15) is 4.79 Å². The van der Waals surface area contributed by atoms with Crippen molar-refractivity contribution in [2.45, 2.75) is 13.8 Å². The number of hydrogen-bond donors (Lipinski definition) is 1. The summed E-state index contributed by atoms with van der Waals surface area (Å²) in [6.45, 7) is 3.74. The molecule has 0 saturated heterocycles. The molecule has 134 valence electrons. The molecule has 0 spiro atoms. The number of nitrogens with zero attached hydrogens (tertiary/aromatic N) is 3. The molecule has 2 aromatic carbocycles. The van der Waals surface area contributed by atoms with Crippen molar-refractivity contribution in [1.29, 1.82) is 0 Å². The first-order valence-electron chi connectivity index (χ1n) is 8.06. The number of carbonyl (C=O) groups is 1. The second kappa shape index (κ2) is 7.26. The van der Waals surface area contributed by atoms with Crippen molar-refractivity contribution in [3.8, 4) is 17.2 Å². The van der Waals surface area contributed by atoms with Crippen LogP contribution in [0.1, 0.15) is 21.7 Å². The fourth-order valence-electron chi connectivity index (χ4n) is 2.61. The van der Waals surface area contributed by atoms with Crippen molar-refractivity contribution in [3.63, 3.8) is 0 Å². The first-order chi connectivity index (χ1) is 12.5. The number of aryl methyl sites for hydroxylation is 1. The van der Waals surface area contributed by atoms with Crippen LogP contribution in [0, 0.1) is 13.8 Å². The summed E-state index contributed by atoms with van der Waals surface area (Å²) in [7, 11) is 3.17. The molecule has 0 aliphatic heterocycles. The summed E-state index contributed by atoms with van der Waals surface area (Å²) in [6, 6.07) is 12.9. The van der Waals surface area contributed by atoms with E-state index in [-0.39, 0.29) is 11.6 Å². The molecule has 0 bridgehead atoms. The van der Waals surface area contributed by atoms with Crippen LogP contribution in [0.2, 0.25) is 0 Å². The Morgan fingerprint density at radius 2 is 1.77 bits per heavy atom. The Labute approximate surface area is 151 Å². The van der Waals surface area contributed by atoms with Gasteiger partial charge in [-0.1, -0.05) is 11.3 Å². The lowest BCUT2D eigenvalue weighted by atomic mass is 10.2. The molecule has 0 radical (unpaired) electrons. The molecule has 0 aliphatic rings. The number of ether oxygens (including phenoxy) is 2. The highest BCUT2D eigenvalue weighted by atomic mass is 16.5. The first-order valence-corrected chi connectivity index (χ1v) is 8.06. The Kier molecular flexibility index (Phi) is 4.88. The lowest BCUT2D eigenvalue weighted by Crippen LogP contribution is -2.15. The number of hydrogen-bond acceptors (Lipinski definition) is 5. The summed E-state index contributed by atoms with van der Waals surface area (Å²) >= 11 is 0. The zero-order chi connectivity index (χ0) is 18.7.